The van der Waals surface area contributed by atoms with Crippen LogP contribution in [0, 0.1) is 22.0 Å². The maximum absolute atomic E-state index is 12.3. The Balaban J connectivity index is 1.52. The van der Waals surface area contributed by atoms with E-state index >= 15 is 0 Å². The highest BCUT2D eigenvalue weighted by Crippen LogP contribution is 2.38. The number of piperazine rings is 1. The molecular formula is C31H55N3O8. The van der Waals surface area contributed by atoms with Gasteiger partial charge in [-0.15, -0.1) is 10.1 Å². The van der Waals surface area contributed by atoms with E-state index < -0.39 is 17.3 Å². The lowest BCUT2D eigenvalue weighted by atomic mass is 9.86. The molecule has 1 heterocycles. The second-order valence-corrected chi connectivity index (χ2v) is 11.9. The third kappa shape index (κ3) is 15.4. The van der Waals surface area contributed by atoms with Crippen molar-refractivity contribution in [3.05, 3.63) is 22.3 Å². The smallest absolute Gasteiger partial charge is 0.305 e. The Bertz CT molecular complexity index is 803. The van der Waals surface area contributed by atoms with E-state index in [-0.39, 0.29) is 30.2 Å². The van der Waals surface area contributed by atoms with Crippen molar-refractivity contribution in [3.63, 3.8) is 0 Å². The van der Waals surface area contributed by atoms with Gasteiger partial charge in [0.2, 0.25) is 0 Å². The molecule has 0 aromatic rings. The molecular weight excluding hydrogens is 542 g/mol. The number of rotatable bonds is 23. The van der Waals surface area contributed by atoms with Gasteiger partial charge in [-0.05, 0) is 56.8 Å². The van der Waals surface area contributed by atoms with E-state index in [2.05, 4.69) is 21.6 Å². The molecule has 0 radical (unpaired) electrons. The van der Waals surface area contributed by atoms with Crippen LogP contribution in [0.2, 0.25) is 0 Å². The van der Waals surface area contributed by atoms with Gasteiger partial charge in [0.25, 0.3) is 5.09 Å². The number of allylic oxidation sites excluding steroid dienone is 2. The summed E-state index contributed by atoms with van der Waals surface area (Å²) in [6, 6.07) is 0. The van der Waals surface area contributed by atoms with E-state index in [1.165, 1.54) is 19.3 Å². The SMILES string of the molecule is CCCCCCCC(=O)CC[C@@H]1[C@@H](CC=CCCCC(=O)OCCN2CCN(CCCO[N+](=O)[O-])CC2)[C@@H](O)C[C@H]1O. The molecule has 0 aromatic carbocycles. The van der Waals surface area contributed by atoms with Crippen molar-refractivity contribution in [2.75, 3.05) is 52.5 Å². The summed E-state index contributed by atoms with van der Waals surface area (Å²) < 4.78 is 5.40. The largest absolute Gasteiger partial charge is 0.464 e. The van der Waals surface area contributed by atoms with Crippen molar-refractivity contribution in [3.8, 4) is 0 Å². The first-order valence-corrected chi connectivity index (χ1v) is 16.2. The van der Waals surface area contributed by atoms with E-state index in [1.54, 1.807) is 0 Å². The highest BCUT2D eigenvalue weighted by molar-refractivity contribution is 5.78. The van der Waals surface area contributed by atoms with Gasteiger partial charge in [-0.25, -0.2) is 0 Å². The lowest BCUT2D eigenvalue weighted by Crippen LogP contribution is -2.47. The zero-order valence-corrected chi connectivity index (χ0v) is 25.7. The number of nitrogens with zero attached hydrogens (tertiary/aromatic N) is 3. The third-order valence-electron chi connectivity index (χ3n) is 8.61. The van der Waals surface area contributed by atoms with Crippen LogP contribution in [0.15, 0.2) is 12.2 Å². The Hall–Kier alpha value is -2.08. The predicted molar refractivity (Wildman–Crippen MR) is 160 cm³/mol. The van der Waals surface area contributed by atoms with Gasteiger partial charge in [0.1, 0.15) is 12.4 Å². The zero-order chi connectivity index (χ0) is 30.6. The summed E-state index contributed by atoms with van der Waals surface area (Å²) in [5.74, 6) is -0.0264. The zero-order valence-electron chi connectivity index (χ0n) is 25.7. The molecule has 242 valence electrons. The van der Waals surface area contributed by atoms with Gasteiger partial charge >= 0.3 is 5.97 Å². The van der Waals surface area contributed by atoms with E-state index in [9.17, 15) is 29.9 Å². The molecule has 0 unspecified atom stereocenters. The van der Waals surface area contributed by atoms with Crippen LogP contribution in [-0.2, 0) is 19.2 Å². The maximum atomic E-state index is 12.3. The normalized spacial score (nSPS) is 23.4. The van der Waals surface area contributed by atoms with Gasteiger partial charge in [-0.2, -0.15) is 0 Å². The fourth-order valence-electron chi connectivity index (χ4n) is 6.04. The summed E-state index contributed by atoms with van der Waals surface area (Å²) in [6.45, 7) is 7.66. The molecule has 1 aliphatic heterocycles. The van der Waals surface area contributed by atoms with E-state index in [4.69, 9.17) is 4.74 Å². The molecule has 1 saturated heterocycles. The molecule has 0 amide bonds. The van der Waals surface area contributed by atoms with Gasteiger partial charge < -0.3 is 24.7 Å². The predicted octanol–water partition coefficient (Wildman–Crippen LogP) is 3.93. The van der Waals surface area contributed by atoms with E-state index in [1.807, 2.05) is 12.2 Å². The van der Waals surface area contributed by atoms with Gasteiger partial charge in [0.15, 0.2) is 0 Å². The minimum atomic E-state index is -0.759. The monoisotopic (exact) mass is 597 g/mol. The summed E-state index contributed by atoms with van der Waals surface area (Å²) in [5.41, 5.74) is 0. The number of hydrogen-bond donors (Lipinski definition) is 2. The van der Waals surface area contributed by atoms with Gasteiger partial charge in [-0.1, -0.05) is 44.8 Å². The molecule has 11 heteroatoms. The number of aliphatic hydroxyl groups excluding tert-OH is 2. The molecule has 4 atom stereocenters. The highest BCUT2D eigenvalue weighted by Gasteiger charge is 2.40. The number of hydrogen-bond acceptors (Lipinski definition) is 10. The number of unbranched alkanes of at least 4 members (excludes halogenated alkanes) is 5. The molecule has 0 aromatic heterocycles. The molecule has 1 aliphatic carbocycles. The van der Waals surface area contributed by atoms with Crippen molar-refractivity contribution in [2.24, 2.45) is 11.8 Å². The van der Waals surface area contributed by atoms with Crippen LogP contribution < -0.4 is 0 Å². The van der Waals surface area contributed by atoms with Crippen molar-refractivity contribution >= 4 is 11.8 Å². The molecule has 2 aliphatic rings. The molecule has 0 spiro atoms. The highest BCUT2D eigenvalue weighted by atomic mass is 16.9. The molecule has 11 nitrogen and oxygen atoms in total. The average Bonchev–Trinajstić information content (AvgIpc) is 3.23. The molecule has 1 saturated carbocycles. The number of carbonyl (C=O) groups is 2. The van der Waals surface area contributed by atoms with E-state index in [0.717, 1.165) is 52.0 Å². The van der Waals surface area contributed by atoms with E-state index in [0.29, 0.717) is 64.5 Å². The second kappa shape index (κ2) is 21.6. The molecule has 42 heavy (non-hydrogen) atoms. The number of Topliss-reactive ketones (excluding diaryl/α,β-unsaturated/α-hetero) is 1. The number of aliphatic hydroxyl groups is 2. The van der Waals surface area contributed by atoms with Gasteiger partial charge in [-0.3, -0.25) is 14.5 Å². The molecule has 2 rings (SSSR count). The fourth-order valence-corrected chi connectivity index (χ4v) is 6.04. The molecule has 2 N–H and O–H groups in total. The number of carbonyl (C=O) groups excluding carboxylic acids is 2. The van der Waals surface area contributed by atoms with Gasteiger partial charge in [0.05, 0.1) is 18.8 Å². The quantitative estimate of drug-likeness (QED) is 0.0585. The summed E-state index contributed by atoms with van der Waals surface area (Å²) in [7, 11) is 0. The van der Waals surface area contributed by atoms with Crippen LogP contribution in [0.4, 0.5) is 0 Å². The first-order chi connectivity index (χ1) is 20.3. The summed E-state index contributed by atoms with van der Waals surface area (Å²) >= 11 is 0. The van der Waals surface area contributed by atoms with Crippen LogP contribution in [0.25, 0.3) is 0 Å². The lowest BCUT2D eigenvalue weighted by molar-refractivity contribution is -0.757. The van der Waals surface area contributed by atoms with Crippen LogP contribution >= 0.6 is 0 Å². The minimum Gasteiger partial charge on any atom is -0.464 e. The van der Waals surface area contributed by atoms with Crippen LogP contribution in [0.5, 0.6) is 0 Å². The molecule has 2 fully saturated rings. The molecule has 0 bridgehead atoms. The van der Waals surface area contributed by atoms with Crippen LogP contribution in [0.1, 0.15) is 96.8 Å². The summed E-state index contributed by atoms with van der Waals surface area (Å²) in [5, 5.41) is 30.4. The summed E-state index contributed by atoms with van der Waals surface area (Å²) in [6.07, 6.45) is 13.8. The topological polar surface area (TPSA) is 143 Å². The number of esters is 1. The average molecular weight is 598 g/mol. The van der Waals surface area contributed by atoms with Crippen molar-refractivity contribution < 1.29 is 34.5 Å². The van der Waals surface area contributed by atoms with Gasteiger partial charge in [0, 0.05) is 58.5 Å². The van der Waals surface area contributed by atoms with Crippen molar-refractivity contribution in [1.82, 2.24) is 9.80 Å². The maximum Gasteiger partial charge on any atom is 0.305 e. The number of ether oxygens (including phenoxy) is 1. The van der Waals surface area contributed by atoms with Crippen molar-refractivity contribution in [1.29, 1.82) is 0 Å². The Morgan fingerprint density at radius 1 is 0.857 bits per heavy atom. The second-order valence-electron chi connectivity index (χ2n) is 11.9. The Labute approximate surface area is 251 Å². The van der Waals surface area contributed by atoms with Crippen LogP contribution in [-0.4, -0.2) is 102 Å². The first-order valence-electron chi connectivity index (χ1n) is 16.2. The fraction of sp³-hybridized carbons (Fsp3) is 0.871. The Morgan fingerprint density at radius 3 is 2.26 bits per heavy atom. The summed E-state index contributed by atoms with van der Waals surface area (Å²) in [4.78, 5) is 43.5. The Kier molecular flexibility index (Phi) is 18.6. The van der Waals surface area contributed by atoms with Crippen LogP contribution in [0.3, 0.4) is 0 Å². The lowest BCUT2D eigenvalue weighted by Gasteiger charge is -2.34. The standard InChI is InChI=1S/C31H55N3O8/c1-2-3-4-5-8-12-26(35)15-16-28-27(29(36)25-30(28)37)13-9-6-7-10-14-31(38)41-24-22-33-20-18-32(19-21-33)17-11-23-42-34(39)40/h6,9,27-30,36-37H,2-5,7-8,10-25H2,1H3/t27-,28-,29+,30-/m1/s1. The minimum absolute atomic E-state index is 0.0389. The third-order valence-corrected chi connectivity index (χ3v) is 8.61. The number of ketones is 1. The van der Waals surface area contributed by atoms with Crippen molar-refractivity contribution in [2.45, 2.75) is 109 Å². The Morgan fingerprint density at radius 2 is 1.55 bits per heavy atom. The first kappa shape index (κ1) is 36.1.